The molecule has 0 aromatic carbocycles. The first-order valence-corrected chi connectivity index (χ1v) is 5.71. The standard InChI is InChI=1S/C11H23N3O/c1-11(2)5-4-6-13-9(11)7-14-10(15)8-12-3/h9,12-13H,4-8H2,1-3H3,(H,14,15). The topological polar surface area (TPSA) is 53.2 Å². The SMILES string of the molecule is CNCC(=O)NCC1NCCCC1(C)C. The molecule has 1 atom stereocenters. The molecule has 1 rings (SSSR count). The third-order valence-corrected chi connectivity index (χ3v) is 3.17. The van der Waals surface area contributed by atoms with Crippen molar-refractivity contribution in [3.05, 3.63) is 0 Å². The van der Waals surface area contributed by atoms with Crippen molar-refractivity contribution in [1.82, 2.24) is 16.0 Å². The molecule has 0 spiro atoms. The minimum absolute atomic E-state index is 0.0701. The molecule has 1 amide bonds. The van der Waals surface area contributed by atoms with Crippen molar-refractivity contribution in [3.63, 3.8) is 0 Å². The summed E-state index contributed by atoms with van der Waals surface area (Å²) in [6.45, 7) is 6.71. The normalized spacial score (nSPS) is 24.9. The Labute approximate surface area is 92.2 Å². The molecule has 1 aliphatic heterocycles. The largest absolute Gasteiger partial charge is 0.353 e. The van der Waals surface area contributed by atoms with Crippen molar-refractivity contribution in [2.75, 3.05) is 26.7 Å². The minimum Gasteiger partial charge on any atom is -0.353 e. The van der Waals surface area contributed by atoms with Crippen molar-refractivity contribution >= 4 is 5.91 Å². The number of amides is 1. The van der Waals surface area contributed by atoms with E-state index in [2.05, 4.69) is 29.8 Å². The summed E-state index contributed by atoms with van der Waals surface area (Å²) >= 11 is 0. The van der Waals surface area contributed by atoms with Gasteiger partial charge in [-0.1, -0.05) is 13.8 Å². The Balaban J connectivity index is 2.33. The van der Waals surface area contributed by atoms with Crippen LogP contribution < -0.4 is 16.0 Å². The molecule has 3 N–H and O–H groups in total. The molecule has 1 fully saturated rings. The number of hydrogen-bond donors (Lipinski definition) is 3. The molecule has 1 heterocycles. The van der Waals surface area contributed by atoms with E-state index in [0.717, 1.165) is 13.1 Å². The predicted molar refractivity (Wildman–Crippen MR) is 61.7 cm³/mol. The molecule has 0 aromatic heterocycles. The van der Waals surface area contributed by atoms with Gasteiger partial charge in [-0.05, 0) is 31.8 Å². The van der Waals surface area contributed by atoms with Gasteiger partial charge in [-0.3, -0.25) is 4.79 Å². The fourth-order valence-electron chi connectivity index (χ4n) is 2.06. The zero-order valence-corrected chi connectivity index (χ0v) is 10.0. The van der Waals surface area contributed by atoms with Gasteiger partial charge in [-0.15, -0.1) is 0 Å². The summed E-state index contributed by atoms with van der Waals surface area (Å²) in [5.74, 6) is 0.0701. The highest BCUT2D eigenvalue weighted by atomic mass is 16.1. The lowest BCUT2D eigenvalue weighted by Crippen LogP contribution is -2.53. The van der Waals surface area contributed by atoms with Crippen LogP contribution in [0.25, 0.3) is 0 Å². The Morgan fingerprint density at radius 1 is 1.53 bits per heavy atom. The van der Waals surface area contributed by atoms with E-state index in [1.54, 1.807) is 7.05 Å². The fourth-order valence-corrected chi connectivity index (χ4v) is 2.06. The average molecular weight is 213 g/mol. The van der Waals surface area contributed by atoms with Gasteiger partial charge in [0.15, 0.2) is 0 Å². The van der Waals surface area contributed by atoms with E-state index in [1.165, 1.54) is 12.8 Å². The third-order valence-electron chi connectivity index (χ3n) is 3.17. The molecule has 15 heavy (non-hydrogen) atoms. The van der Waals surface area contributed by atoms with E-state index in [4.69, 9.17) is 0 Å². The molecular formula is C11H23N3O. The highest BCUT2D eigenvalue weighted by Crippen LogP contribution is 2.29. The number of carbonyl (C=O) groups is 1. The maximum absolute atomic E-state index is 11.3. The van der Waals surface area contributed by atoms with Gasteiger partial charge in [0.05, 0.1) is 6.54 Å². The van der Waals surface area contributed by atoms with Crippen LogP contribution in [0.4, 0.5) is 0 Å². The van der Waals surface area contributed by atoms with Crippen LogP contribution in [0.1, 0.15) is 26.7 Å². The number of nitrogens with one attached hydrogen (secondary N) is 3. The molecule has 1 aliphatic rings. The summed E-state index contributed by atoms with van der Waals surface area (Å²) < 4.78 is 0. The maximum Gasteiger partial charge on any atom is 0.234 e. The number of hydrogen-bond acceptors (Lipinski definition) is 3. The summed E-state index contributed by atoms with van der Waals surface area (Å²) in [7, 11) is 1.78. The highest BCUT2D eigenvalue weighted by Gasteiger charge is 2.31. The van der Waals surface area contributed by atoms with Gasteiger partial charge in [0.2, 0.25) is 5.91 Å². The Hall–Kier alpha value is -0.610. The van der Waals surface area contributed by atoms with E-state index in [1.807, 2.05) is 0 Å². The van der Waals surface area contributed by atoms with E-state index < -0.39 is 0 Å². The second-order valence-electron chi connectivity index (χ2n) is 4.93. The lowest BCUT2D eigenvalue weighted by atomic mass is 9.77. The number of rotatable bonds is 4. The minimum atomic E-state index is 0.0701. The van der Waals surface area contributed by atoms with Crippen LogP contribution in [-0.2, 0) is 4.79 Å². The summed E-state index contributed by atoms with van der Waals surface area (Å²) in [5.41, 5.74) is 0.283. The molecule has 0 bridgehead atoms. The summed E-state index contributed by atoms with van der Waals surface area (Å²) in [5, 5.41) is 9.26. The van der Waals surface area contributed by atoms with Crippen LogP contribution in [0, 0.1) is 5.41 Å². The van der Waals surface area contributed by atoms with Crippen molar-refractivity contribution in [2.24, 2.45) is 5.41 Å². The van der Waals surface area contributed by atoms with Gasteiger partial charge in [0, 0.05) is 12.6 Å². The van der Waals surface area contributed by atoms with Crippen LogP contribution in [0.3, 0.4) is 0 Å². The van der Waals surface area contributed by atoms with Crippen LogP contribution in [0.15, 0.2) is 0 Å². The quantitative estimate of drug-likeness (QED) is 0.621. The summed E-state index contributed by atoms with van der Waals surface area (Å²) in [4.78, 5) is 11.3. The first kappa shape index (κ1) is 12.5. The van der Waals surface area contributed by atoms with E-state index in [-0.39, 0.29) is 11.3 Å². The smallest absolute Gasteiger partial charge is 0.234 e. The van der Waals surface area contributed by atoms with Gasteiger partial charge >= 0.3 is 0 Å². The van der Waals surface area contributed by atoms with Crippen molar-refractivity contribution in [3.8, 4) is 0 Å². The van der Waals surface area contributed by atoms with Crippen molar-refractivity contribution < 1.29 is 4.79 Å². The summed E-state index contributed by atoms with van der Waals surface area (Å²) in [6, 6.07) is 0.395. The monoisotopic (exact) mass is 213 g/mol. The highest BCUT2D eigenvalue weighted by molar-refractivity contribution is 5.77. The second-order valence-corrected chi connectivity index (χ2v) is 4.93. The lowest BCUT2D eigenvalue weighted by Gasteiger charge is -2.39. The van der Waals surface area contributed by atoms with Crippen molar-refractivity contribution in [1.29, 1.82) is 0 Å². The van der Waals surface area contributed by atoms with Gasteiger partial charge in [-0.2, -0.15) is 0 Å². The van der Waals surface area contributed by atoms with Crippen LogP contribution in [-0.4, -0.2) is 38.6 Å². The predicted octanol–water partition coefficient (Wildman–Crippen LogP) is 0.100. The van der Waals surface area contributed by atoms with Gasteiger partial charge in [0.1, 0.15) is 0 Å². The molecule has 1 unspecified atom stereocenters. The van der Waals surface area contributed by atoms with E-state index >= 15 is 0 Å². The first-order chi connectivity index (χ1) is 7.06. The Morgan fingerprint density at radius 2 is 2.27 bits per heavy atom. The summed E-state index contributed by atoms with van der Waals surface area (Å²) in [6.07, 6.45) is 2.46. The third kappa shape index (κ3) is 3.80. The molecule has 88 valence electrons. The molecule has 0 radical (unpaired) electrons. The molecular weight excluding hydrogens is 190 g/mol. The van der Waals surface area contributed by atoms with E-state index in [9.17, 15) is 4.79 Å². The number of piperidine rings is 1. The van der Waals surface area contributed by atoms with Gasteiger partial charge in [-0.25, -0.2) is 0 Å². The lowest BCUT2D eigenvalue weighted by molar-refractivity contribution is -0.120. The van der Waals surface area contributed by atoms with Crippen LogP contribution in [0.2, 0.25) is 0 Å². The molecule has 4 nitrogen and oxygen atoms in total. The second kappa shape index (κ2) is 5.47. The Bertz CT molecular complexity index is 216. The van der Waals surface area contributed by atoms with Crippen LogP contribution in [0.5, 0.6) is 0 Å². The van der Waals surface area contributed by atoms with E-state index in [0.29, 0.717) is 12.6 Å². The van der Waals surface area contributed by atoms with Gasteiger partial charge in [0.25, 0.3) is 0 Å². The maximum atomic E-state index is 11.3. The fraction of sp³-hybridized carbons (Fsp3) is 0.909. The molecule has 4 heteroatoms. The molecule has 1 saturated heterocycles. The molecule has 0 aromatic rings. The molecule has 0 aliphatic carbocycles. The van der Waals surface area contributed by atoms with Gasteiger partial charge < -0.3 is 16.0 Å². The van der Waals surface area contributed by atoms with Crippen molar-refractivity contribution in [2.45, 2.75) is 32.7 Å². The average Bonchev–Trinajstić information content (AvgIpc) is 2.16. The number of likely N-dealkylation sites (N-methyl/N-ethyl adjacent to an activating group) is 1. The number of carbonyl (C=O) groups excluding carboxylic acids is 1. The molecule has 0 saturated carbocycles. The van der Waals surface area contributed by atoms with Crippen LogP contribution >= 0.6 is 0 Å². The zero-order valence-electron chi connectivity index (χ0n) is 10.0. The first-order valence-electron chi connectivity index (χ1n) is 5.71. The zero-order chi connectivity index (χ0) is 11.3. The Morgan fingerprint density at radius 3 is 2.87 bits per heavy atom. The Kier molecular flexibility index (Phi) is 4.54.